The van der Waals surface area contributed by atoms with Gasteiger partial charge in [0.15, 0.2) is 0 Å². The smallest absolute Gasteiger partial charge is 0.263 e. The predicted octanol–water partition coefficient (Wildman–Crippen LogP) is 2.02. The largest absolute Gasteiger partial charge is 0.355 e. The zero-order valence-electron chi connectivity index (χ0n) is 14.3. The number of aryl methyl sites for hydroxylation is 2. The molecule has 1 fully saturated rings. The minimum absolute atomic E-state index is 0.107. The zero-order valence-corrected chi connectivity index (χ0v) is 14.3. The van der Waals surface area contributed by atoms with Gasteiger partial charge in [-0.25, -0.2) is 4.98 Å². The van der Waals surface area contributed by atoms with Gasteiger partial charge >= 0.3 is 0 Å². The number of aromatic nitrogens is 4. The van der Waals surface area contributed by atoms with E-state index in [9.17, 15) is 4.79 Å². The highest BCUT2D eigenvalue weighted by Gasteiger charge is 2.36. The van der Waals surface area contributed by atoms with E-state index in [1.165, 1.54) is 0 Å². The van der Waals surface area contributed by atoms with E-state index in [1.807, 2.05) is 24.5 Å². The van der Waals surface area contributed by atoms with Crippen LogP contribution in [-0.4, -0.2) is 32.8 Å². The summed E-state index contributed by atoms with van der Waals surface area (Å²) in [6.45, 7) is 6.30. The highest BCUT2D eigenvalue weighted by atomic mass is 16.5. The molecule has 5 rings (SSSR count). The van der Waals surface area contributed by atoms with Crippen molar-refractivity contribution in [3.63, 3.8) is 0 Å². The lowest BCUT2D eigenvalue weighted by atomic mass is 9.83. The van der Waals surface area contributed by atoms with E-state index in [1.54, 1.807) is 6.07 Å². The summed E-state index contributed by atoms with van der Waals surface area (Å²) in [5, 5.41) is 4.96. The fourth-order valence-electron chi connectivity index (χ4n) is 4.37. The lowest BCUT2D eigenvalue weighted by Crippen LogP contribution is -2.47. The third kappa shape index (κ3) is 2.18. The second-order valence-electron chi connectivity index (χ2n) is 7.15. The minimum atomic E-state index is 0.107. The van der Waals surface area contributed by atoms with Crippen LogP contribution in [0.4, 0.5) is 5.82 Å². The molecule has 2 aliphatic rings. The molecular formula is C18H19N5O2. The number of anilines is 1. The summed E-state index contributed by atoms with van der Waals surface area (Å²) in [4.78, 5) is 23.6. The summed E-state index contributed by atoms with van der Waals surface area (Å²) in [6, 6.07) is 5.60. The van der Waals surface area contributed by atoms with Crippen LogP contribution >= 0.6 is 0 Å². The first-order valence-corrected chi connectivity index (χ1v) is 8.65. The minimum Gasteiger partial charge on any atom is -0.355 e. The van der Waals surface area contributed by atoms with E-state index in [0.29, 0.717) is 23.4 Å². The summed E-state index contributed by atoms with van der Waals surface area (Å²) in [5.41, 5.74) is 2.61. The van der Waals surface area contributed by atoms with Crippen molar-refractivity contribution < 1.29 is 4.52 Å². The van der Waals surface area contributed by atoms with Crippen LogP contribution in [0.5, 0.6) is 0 Å². The summed E-state index contributed by atoms with van der Waals surface area (Å²) >= 11 is 0. The van der Waals surface area contributed by atoms with E-state index in [2.05, 4.69) is 21.1 Å². The van der Waals surface area contributed by atoms with Crippen molar-refractivity contribution in [1.29, 1.82) is 0 Å². The highest BCUT2D eigenvalue weighted by molar-refractivity contribution is 5.88. The molecule has 0 saturated carbocycles. The molecule has 128 valence electrons. The van der Waals surface area contributed by atoms with Gasteiger partial charge in [0, 0.05) is 37.3 Å². The van der Waals surface area contributed by atoms with Crippen molar-refractivity contribution in [3.05, 3.63) is 45.8 Å². The van der Waals surface area contributed by atoms with Gasteiger partial charge in [0.2, 0.25) is 0 Å². The molecule has 7 heteroatoms. The van der Waals surface area contributed by atoms with Crippen LogP contribution < -0.4 is 10.5 Å². The first kappa shape index (κ1) is 14.6. The summed E-state index contributed by atoms with van der Waals surface area (Å²) in [5.74, 6) is 2.37. The Labute approximate surface area is 144 Å². The average Bonchev–Trinajstić information content (AvgIpc) is 2.96. The molecule has 1 saturated heterocycles. The molecule has 2 unspecified atom stereocenters. The first-order chi connectivity index (χ1) is 12.1. The van der Waals surface area contributed by atoms with Crippen LogP contribution in [0.3, 0.4) is 0 Å². The Balaban J connectivity index is 1.60. The molecule has 2 atom stereocenters. The third-order valence-electron chi connectivity index (χ3n) is 5.38. The standard InChI is InChI=1S/C18H19N5O2/c1-10-16-17(19-11(2)20-18(16)25-21-10)22-7-12-6-13(9-22)14-4-3-5-15(24)23(14)8-12/h3-5,12-13H,6-9H2,1-2H3. The molecule has 3 aromatic heterocycles. The monoisotopic (exact) mass is 337 g/mol. The average molecular weight is 337 g/mol. The normalized spacial score (nSPS) is 22.2. The molecular weight excluding hydrogens is 318 g/mol. The van der Waals surface area contributed by atoms with Crippen LogP contribution in [0.15, 0.2) is 27.5 Å². The third-order valence-corrected chi connectivity index (χ3v) is 5.38. The van der Waals surface area contributed by atoms with Crippen molar-refractivity contribution in [2.24, 2.45) is 5.92 Å². The lowest BCUT2D eigenvalue weighted by molar-refractivity contribution is 0.281. The van der Waals surface area contributed by atoms with Gasteiger partial charge in [-0.3, -0.25) is 4.79 Å². The number of piperidine rings is 1. The molecule has 25 heavy (non-hydrogen) atoms. The van der Waals surface area contributed by atoms with Crippen molar-refractivity contribution in [1.82, 2.24) is 19.7 Å². The van der Waals surface area contributed by atoms with Gasteiger partial charge in [0.25, 0.3) is 11.3 Å². The molecule has 2 aliphatic heterocycles. The fraction of sp³-hybridized carbons (Fsp3) is 0.444. The van der Waals surface area contributed by atoms with Crippen LogP contribution in [0.2, 0.25) is 0 Å². The Hall–Kier alpha value is -2.70. The highest BCUT2D eigenvalue weighted by Crippen LogP contribution is 2.38. The molecule has 0 spiro atoms. The molecule has 0 amide bonds. The van der Waals surface area contributed by atoms with E-state index in [-0.39, 0.29) is 5.56 Å². The summed E-state index contributed by atoms with van der Waals surface area (Å²) in [6.07, 6.45) is 1.12. The van der Waals surface area contributed by atoms with Gasteiger partial charge in [-0.15, -0.1) is 0 Å². The number of fused-ring (bicyclic) bond motifs is 5. The Kier molecular flexibility index (Phi) is 3.01. The van der Waals surface area contributed by atoms with Crippen LogP contribution in [-0.2, 0) is 6.54 Å². The zero-order chi connectivity index (χ0) is 17.1. The van der Waals surface area contributed by atoms with Crippen LogP contribution in [0, 0.1) is 19.8 Å². The maximum absolute atomic E-state index is 12.2. The molecule has 0 N–H and O–H groups in total. The number of rotatable bonds is 1. The van der Waals surface area contributed by atoms with Gasteiger partial charge in [-0.2, -0.15) is 4.98 Å². The number of hydrogen-bond acceptors (Lipinski definition) is 6. The maximum atomic E-state index is 12.2. The van der Waals surface area contributed by atoms with E-state index < -0.39 is 0 Å². The molecule has 0 radical (unpaired) electrons. The van der Waals surface area contributed by atoms with Crippen molar-refractivity contribution in [2.75, 3.05) is 18.0 Å². The summed E-state index contributed by atoms with van der Waals surface area (Å²) in [7, 11) is 0. The quantitative estimate of drug-likeness (QED) is 0.676. The topological polar surface area (TPSA) is 77.0 Å². The SMILES string of the molecule is Cc1nc(N2CC3CC(C2)c2cccc(=O)n2C3)c2c(C)noc2n1. The Morgan fingerprint density at radius 2 is 2.04 bits per heavy atom. The van der Waals surface area contributed by atoms with Crippen molar-refractivity contribution >= 4 is 16.9 Å². The first-order valence-electron chi connectivity index (χ1n) is 8.65. The second kappa shape index (κ2) is 5.15. The Morgan fingerprint density at radius 1 is 1.16 bits per heavy atom. The number of hydrogen-bond donors (Lipinski definition) is 0. The van der Waals surface area contributed by atoms with Gasteiger partial charge in [-0.05, 0) is 32.3 Å². The van der Waals surface area contributed by atoms with Gasteiger partial charge in [0.05, 0.1) is 5.69 Å². The van der Waals surface area contributed by atoms with E-state index >= 15 is 0 Å². The molecule has 3 aromatic rings. The lowest BCUT2D eigenvalue weighted by Gasteiger charge is -2.43. The Morgan fingerprint density at radius 3 is 2.92 bits per heavy atom. The molecule has 0 aliphatic carbocycles. The molecule has 0 aromatic carbocycles. The molecule has 7 nitrogen and oxygen atoms in total. The maximum Gasteiger partial charge on any atom is 0.263 e. The summed E-state index contributed by atoms with van der Waals surface area (Å²) < 4.78 is 7.30. The fourth-order valence-corrected chi connectivity index (χ4v) is 4.37. The number of pyridine rings is 1. The van der Waals surface area contributed by atoms with Crippen molar-refractivity contribution in [2.45, 2.75) is 32.7 Å². The van der Waals surface area contributed by atoms with Gasteiger partial charge in [-0.1, -0.05) is 11.2 Å². The van der Waals surface area contributed by atoms with Gasteiger partial charge < -0.3 is 14.0 Å². The second-order valence-corrected chi connectivity index (χ2v) is 7.15. The van der Waals surface area contributed by atoms with Crippen LogP contribution in [0.1, 0.15) is 29.6 Å². The van der Waals surface area contributed by atoms with Crippen LogP contribution in [0.25, 0.3) is 11.1 Å². The number of nitrogens with zero attached hydrogens (tertiary/aromatic N) is 5. The molecule has 2 bridgehead atoms. The van der Waals surface area contributed by atoms with E-state index in [0.717, 1.165) is 48.6 Å². The van der Waals surface area contributed by atoms with Crippen molar-refractivity contribution in [3.8, 4) is 0 Å². The molecule has 5 heterocycles. The Bertz CT molecular complexity index is 1040. The van der Waals surface area contributed by atoms with E-state index in [4.69, 9.17) is 9.51 Å². The predicted molar refractivity (Wildman–Crippen MR) is 92.8 cm³/mol. The van der Waals surface area contributed by atoms with Gasteiger partial charge in [0.1, 0.15) is 17.0 Å².